The van der Waals surface area contributed by atoms with E-state index in [4.69, 9.17) is 0 Å². The molecule has 0 aliphatic rings. The van der Waals surface area contributed by atoms with Gasteiger partial charge in [-0.1, -0.05) is 32.0 Å². The molecule has 0 radical (unpaired) electrons. The molecule has 0 spiro atoms. The summed E-state index contributed by atoms with van der Waals surface area (Å²) in [5.74, 6) is -0.239. The van der Waals surface area contributed by atoms with Crippen LogP contribution in [0.5, 0.6) is 0 Å². The maximum atomic E-state index is 12.0. The summed E-state index contributed by atoms with van der Waals surface area (Å²) in [7, 11) is 0. The molecule has 0 fully saturated rings. The molecule has 1 heterocycles. The van der Waals surface area contributed by atoms with Gasteiger partial charge in [0.25, 0.3) is 0 Å². The number of rotatable bonds is 7. The van der Waals surface area contributed by atoms with Crippen LogP contribution < -0.4 is 10.2 Å². The summed E-state index contributed by atoms with van der Waals surface area (Å²) in [5.41, 5.74) is 1.42. The first-order valence-corrected chi connectivity index (χ1v) is 9.23. The Balaban J connectivity index is 2.12. The third kappa shape index (κ3) is 5.26. The Morgan fingerprint density at radius 3 is 2.52 bits per heavy atom. The van der Waals surface area contributed by atoms with E-state index >= 15 is 0 Å². The predicted molar refractivity (Wildman–Crippen MR) is 103 cm³/mol. The quantitative estimate of drug-likeness (QED) is 0.757. The second-order valence-corrected chi connectivity index (χ2v) is 6.44. The average molecular weight is 357 g/mol. The monoisotopic (exact) mass is 357 g/mol. The zero-order chi connectivity index (χ0) is 18.2. The van der Waals surface area contributed by atoms with Crippen LogP contribution in [0.4, 0.5) is 10.8 Å². The second-order valence-electron chi connectivity index (χ2n) is 5.60. The Kier molecular flexibility index (Phi) is 6.89. The highest BCUT2D eigenvalue weighted by molar-refractivity contribution is 7.14. The predicted octanol–water partition coefficient (Wildman–Crippen LogP) is 4.15. The van der Waals surface area contributed by atoms with Crippen molar-refractivity contribution < 1.29 is 9.59 Å². The highest BCUT2D eigenvalue weighted by Gasteiger charge is 2.17. The smallest absolute Gasteiger partial charge is 0.244 e. The highest BCUT2D eigenvalue weighted by Crippen LogP contribution is 2.28. The van der Waals surface area contributed by atoms with E-state index in [1.165, 1.54) is 24.3 Å². The summed E-state index contributed by atoms with van der Waals surface area (Å²) in [6.07, 6.45) is 4.96. The summed E-state index contributed by atoms with van der Waals surface area (Å²) in [6.45, 7) is 5.60. The van der Waals surface area contributed by atoms with E-state index in [0.717, 1.165) is 18.5 Å². The van der Waals surface area contributed by atoms with Gasteiger partial charge in [0.15, 0.2) is 5.13 Å². The molecule has 25 heavy (non-hydrogen) atoms. The number of aromatic nitrogens is 1. The van der Waals surface area contributed by atoms with Gasteiger partial charge in [-0.25, -0.2) is 4.98 Å². The van der Waals surface area contributed by atoms with Gasteiger partial charge in [0.05, 0.1) is 11.4 Å². The first-order chi connectivity index (χ1) is 12.0. The van der Waals surface area contributed by atoms with Gasteiger partial charge in [-0.05, 0) is 31.1 Å². The minimum atomic E-state index is -0.130. The molecule has 0 atom stereocenters. The summed E-state index contributed by atoms with van der Waals surface area (Å²) >= 11 is 1.37. The first kappa shape index (κ1) is 18.9. The maximum absolute atomic E-state index is 12.0. The van der Waals surface area contributed by atoms with Gasteiger partial charge in [0.2, 0.25) is 11.8 Å². The van der Waals surface area contributed by atoms with Crippen LogP contribution in [0.2, 0.25) is 0 Å². The summed E-state index contributed by atoms with van der Waals surface area (Å²) in [6, 6.07) is 9.57. The van der Waals surface area contributed by atoms with Crippen molar-refractivity contribution in [1.82, 2.24) is 10.3 Å². The Bertz CT molecular complexity index is 736. The van der Waals surface area contributed by atoms with E-state index in [9.17, 15) is 9.59 Å². The topological polar surface area (TPSA) is 62.3 Å². The van der Waals surface area contributed by atoms with Gasteiger partial charge >= 0.3 is 0 Å². The van der Waals surface area contributed by atoms with Crippen LogP contribution in [-0.4, -0.2) is 22.8 Å². The van der Waals surface area contributed by atoms with Gasteiger partial charge in [0, 0.05) is 24.4 Å². The molecule has 0 saturated heterocycles. The van der Waals surface area contributed by atoms with Crippen LogP contribution in [0.15, 0.2) is 41.8 Å². The fourth-order valence-electron chi connectivity index (χ4n) is 2.36. The van der Waals surface area contributed by atoms with Crippen molar-refractivity contribution in [2.24, 2.45) is 0 Å². The second kappa shape index (κ2) is 9.13. The Labute approximate surface area is 152 Å². The van der Waals surface area contributed by atoms with Crippen molar-refractivity contribution in [2.45, 2.75) is 39.7 Å². The number of carbonyl (C=O) groups excluding carboxylic acids is 2. The molecular weight excluding hydrogens is 334 g/mol. The van der Waals surface area contributed by atoms with Gasteiger partial charge in [0.1, 0.15) is 0 Å². The molecule has 5 nitrogen and oxygen atoms in total. The first-order valence-electron chi connectivity index (χ1n) is 8.35. The average Bonchev–Trinajstić information content (AvgIpc) is 3.07. The molecule has 0 aliphatic carbocycles. The number of benzene rings is 1. The molecule has 0 unspecified atom stereocenters. The van der Waals surface area contributed by atoms with Crippen molar-refractivity contribution in [2.75, 3.05) is 4.90 Å². The Morgan fingerprint density at radius 2 is 1.92 bits per heavy atom. The van der Waals surface area contributed by atoms with E-state index in [-0.39, 0.29) is 17.9 Å². The fraction of sp³-hybridized carbons (Fsp3) is 0.316. The van der Waals surface area contributed by atoms with Crippen LogP contribution in [0.3, 0.4) is 0 Å². The number of amides is 2. The van der Waals surface area contributed by atoms with E-state index in [2.05, 4.69) is 10.3 Å². The number of carbonyl (C=O) groups is 2. The lowest BCUT2D eigenvalue weighted by Gasteiger charge is -2.17. The molecular formula is C19H23N3O2S. The SMILES string of the molecule is CCC(CC)NC(=O)/C=C/c1csc(N(C(C)=O)c2ccccc2)n1. The van der Waals surface area contributed by atoms with Crippen LogP contribution in [0, 0.1) is 0 Å². The van der Waals surface area contributed by atoms with Crippen LogP contribution in [0.1, 0.15) is 39.3 Å². The van der Waals surface area contributed by atoms with Crippen LogP contribution in [-0.2, 0) is 9.59 Å². The van der Waals surface area contributed by atoms with Gasteiger partial charge < -0.3 is 5.32 Å². The van der Waals surface area contributed by atoms with Gasteiger partial charge in [-0.15, -0.1) is 11.3 Å². The molecule has 6 heteroatoms. The molecule has 2 aromatic rings. The number of nitrogens with zero attached hydrogens (tertiary/aromatic N) is 2. The maximum Gasteiger partial charge on any atom is 0.244 e. The zero-order valence-electron chi connectivity index (χ0n) is 14.7. The molecule has 1 N–H and O–H groups in total. The van der Waals surface area contributed by atoms with E-state index in [1.54, 1.807) is 11.0 Å². The molecule has 2 amide bonds. The van der Waals surface area contributed by atoms with Crippen molar-refractivity contribution in [3.63, 3.8) is 0 Å². The lowest BCUT2D eigenvalue weighted by molar-refractivity contribution is -0.117. The number of thiazole rings is 1. The standard InChI is InChI=1S/C19H23N3O2S/c1-4-15(5-2)20-18(24)12-11-16-13-25-19(21-16)22(14(3)23)17-9-7-6-8-10-17/h6-13,15H,4-5H2,1-3H3,(H,20,24)/b12-11+. The third-order valence-electron chi connectivity index (χ3n) is 3.77. The molecule has 132 valence electrons. The summed E-state index contributed by atoms with van der Waals surface area (Å²) in [5, 5.41) is 5.36. The van der Waals surface area contributed by atoms with Crippen molar-refractivity contribution in [3.8, 4) is 0 Å². The molecule has 0 bridgehead atoms. The lowest BCUT2D eigenvalue weighted by atomic mass is 10.2. The lowest BCUT2D eigenvalue weighted by Crippen LogP contribution is -2.32. The number of para-hydroxylation sites is 1. The minimum absolute atomic E-state index is 0.109. The van der Waals surface area contributed by atoms with Crippen molar-refractivity contribution in [1.29, 1.82) is 0 Å². The van der Waals surface area contributed by atoms with Crippen molar-refractivity contribution in [3.05, 3.63) is 47.5 Å². The molecule has 0 saturated carbocycles. The molecule has 2 rings (SSSR count). The summed E-state index contributed by atoms with van der Waals surface area (Å²) in [4.78, 5) is 30.0. The third-order valence-corrected chi connectivity index (χ3v) is 4.61. The highest BCUT2D eigenvalue weighted by atomic mass is 32.1. The van der Waals surface area contributed by atoms with Crippen molar-refractivity contribution >= 4 is 40.0 Å². The number of hydrogen-bond acceptors (Lipinski definition) is 4. The number of nitrogens with one attached hydrogen (secondary N) is 1. The fourth-order valence-corrected chi connectivity index (χ4v) is 3.22. The Morgan fingerprint density at radius 1 is 1.24 bits per heavy atom. The van der Waals surface area contributed by atoms with E-state index in [0.29, 0.717) is 10.8 Å². The largest absolute Gasteiger partial charge is 0.350 e. The van der Waals surface area contributed by atoms with Crippen LogP contribution >= 0.6 is 11.3 Å². The normalized spacial score (nSPS) is 11.0. The van der Waals surface area contributed by atoms with E-state index in [1.807, 2.05) is 49.6 Å². The minimum Gasteiger partial charge on any atom is -0.350 e. The zero-order valence-corrected chi connectivity index (χ0v) is 15.5. The van der Waals surface area contributed by atoms with Gasteiger partial charge in [-0.3, -0.25) is 14.5 Å². The van der Waals surface area contributed by atoms with Crippen LogP contribution in [0.25, 0.3) is 6.08 Å². The number of hydrogen-bond donors (Lipinski definition) is 1. The summed E-state index contributed by atoms with van der Waals surface area (Å²) < 4.78 is 0. The molecule has 0 aliphatic heterocycles. The van der Waals surface area contributed by atoms with Gasteiger partial charge in [-0.2, -0.15) is 0 Å². The van der Waals surface area contributed by atoms with E-state index < -0.39 is 0 Å². The molecule has 1 aromatic carbocycles. The molecule has 1 aromatic heterocycles. The number of anilines is 2. The Hall–Kier alpha value is -2.47.